The molecule has 1 amide bonds. The molecule has 2 rings (SSSR count). The fraction of sp³-hybridized carbons (Fsp3) is 0.417. The van der Waals surface area contributed by atoms with Gasteiger partial charge in [-0.1, -0.05) is 58.4 Å². The molecule has 0 aliphatic heterocycles. The Balaban J connectivity index is 1.85. The Hall–Kier alpha value is -2.53. The molecule has 162 valence electrons. The van der Waals surface area contributed by atoms with Gasteiger partial charge in [0.1, 0.15) is 11.5 Å². The minimum Gasteiger partial charge on any atom is -0.495 e. The van der Waals surface area contributed by atoms with Crippen LogP contribution < -0.4 is 14.9 Å². The van der Waals surface area contributed by atoms with Crippen LogP contribution in [0.15, 0.2) is 47.6 Å². The Bertz CT molecular complexity index is 884. The van der Waals surface area contributed by atoms with Gasteiger partial charge in [0.05, 0.1) is 18.3 Å². The summed E-state index contributed by atoms with van der Waals surface area (Å²) in [5, 5.41) is 4.40. The van der Waals surface area contributed by atoms with Gasteiger partial charge in [0, 0.05) is 0 Å². The molecule has 0 fully saturated rings. The normalized spacial score (nSPS) is 12.1. The topological polar surface area (TPSA) is 59.9 Å². The molecule has 0 heterocycles. The zero-order valence-corrected chi connectivity index (χ0v) is 19.3. The van der Waals surface area contributed by atoms with Crippen LogP contribution in [0.25, 0.3) is 0 Å². The highest BCUT2D eigenvalue weighted by Gasteiger charge is 2.27. The second kappa shape index (κ2) is 9.98. The molecule has 0 saturated heterocycles. The largest absolute Gasteiger partial charge is 0.495 e. The molecule has 0 bridgehead atoms. The molecule has 0 saturated carbocycles. The molecule has 0 aliphatic rings. The summed E-state index contributed by atoms with van der Waals surface area (Å²) >= 11 is 6.07. The minimum atomic E-state index is -0.344. The molecule has 30 heavy (non-hydrogen) atoms. The highest BCUT2D eigenvalue weighted by atomic mass is 35.5. The van der Waals surface area contributed by atoms with Gasteiger partial charge in [0.15, 0.2) is 6.61 Å². The lowest BCUT2D eigenvalue weighted by atomic mass is 9.72. The van der Waals surface area contributed by atoms with Crippen molar-refractivity contribution in [2.24, 2.45) is 10.5 Å². The monoisotopic (exact) mass is 430 g/mol. The van der Waals surface area contributed by atoms with Crippen LogP contribution in [0.5, 0.6) is 11.5 Å². The summed E-state index contributed by atoms with van der Waals surface area (Å²) in [6.45, 7) is 11.1. The number of hydrogen-bond acceptors (Lipinski definition) is 4. The molecule has 1 N–H and O–H groups in total. The van der Waals surface area contributed by atoms with E-state index in [-0.39, 0.29) is 23.3 Å². The van der Waals surface area contributed by atoms with E-state index in [1.165, 1.54) is 11.8 Å². The second-order valence-corrected chi connectivity index (χ2v) is 9.53. The van der Waals surface area contributed by atoms with Crippen molar-refractivity contribution in [1.29, 1.82) is 0 Å². The molecule has 0 atom stereocenters. The second-order valence-electron chi connectivity index (χ2n) is 9.12. The molecule has 6 heteroatoms. The van der Waals surface area contributed by atoms with Crippen LogP contribution in [0, 0.1) is 5.41 Å². The molecule has 0 unspecified atom stereocenters. The molecular formula is C24H31ClN2O3. The maximum absolute atomic E-state index is 12.0. The third kappa shape index (κ3) is 7.38. The fourth-order valence-electron chi connectivity index (χ4n) is 3.55. The lowest BCUT2D eigenvalue weighted by Crippen LogP contribution is -2.25. The van der Waals surface area contributed by atoms with Crippen LogP contribution in [0.3, 0.4) is 0 Å². The first kappa shape index (κ1) is 23.7. The Morgan fingerprint density at radius 3 is 2.33 bits per heavy atom. The van der Waals surface area contributed by atoms with E-state index in [9.17, 15) is 4.79 Å². The van der Waals surface area contributed by atoms with E-state index in [0.29, 0.717) is 16.5 Å². The van der Waals surface area contributed by atoms with Crippen LogP contribution >= 0.6 is 11.6 Å². The predicted molar refractivity (Wildman–Crippen MR) is 123 cm³/mol. The number of carbonyl (C=O) groups excluding carboxylic acids is 1. The summed E-state index contributed by atoms with van der Waals surface area (Å²) in [6, 6.07) is 13.1. The smallest absolute Gasteiger partial charge is 0.277 e. The number of benzene rings is 2. The van der Waals surface area contributed by atoms with Gasteiger partial charge in [-0.25, -0.2) is 5.43 Å². The van der Waals surface area contributed by atoms with Gasteiger partial charge in [-0.05, 0) is 58.7 Å². The number of amides is 1. The molecule has 5 nitrogen and oxygen atoms in total. The van der Waals surface area contributed by atoms with E-state index >= 15 is 0 Å². The van der Waals surface area contributed by atoms with E-state index in [2.05, 4.69) is 57.3 Å². The van der Waals surface area contributed by atoms with E-state index < -0.39 is 0 Å². The summed E-state index contributed by atoms with van der Waals surface area (Å²) in [5.74, 6) is 0.883. The van der Waals surface area contributed by atoms with Crippen LogP contribution in [0.1, 0.15) is 52.2 Å². The highest BCUT2D eigenvalue weighted by Crippen LogP contribution is 2.36. The van der Waals surface area contributed by atoms with Crippen molar-refractivity contribution in [2.75, 3.05) is 13.7 Å². The molecule has 2 aromatic rings. The Morgan fingerprint density at radius 2 is 1.77 bits per heavy atom. The SMILES string of the molecule is COc1ccc(C=NNC(=O)COc2ccc(C(C)(C)CC(C)(C)C)cc2)cc1Cl. The van der Waals surface area contributed by atoms with Crippen LogP contribution in [-0.2, 0) is 10.2 Å². The zero-order valence-electron chi connectivity index (χ0n) is 18.6. The van der Waals surface area contributed by atoms with Gasteiger partial charge in [-0.15, -0.1) is 0 Å². The molecular weight excluding hydrogens is 400 g/mol. The van der Waals surface area contributed by atoms with Crippen molar-refractivity contribution in [1.82, 2.24) is 5.43 Å². The van der Waals surface area contributed by atoms with Crippen LogP contribution in [0.2, 0.25) is 5.02 Å². The number of hydrogen-bond donors (Lipinski definition) is 1. The molecule has 2 aromatic carbocycles. The van der Waals surface area contributed by atoms with Gasteiger partial charge in [0.2, 0.25) is 0 Å². The Morgan fingerprint density at radius 1 is 1.10 bits per heavy atom. The van der Waals surface area contributed by atoms with Gasteiger partial charge in [-0.2, -0.15) is 5.10 Å². The average Bonchev–Trinajstić information content (AvgIpc) is 2.65. The van der Waals surface area contributed by atoms with Crippen molar-refractivity contribution in [3.05, 3.63) is 58.6 Å². The highest BCUT2D eigenvalue weighted by molar-refractivity contribution is 6.32. The maximum Gasteiger partial charge on any atom is 0.277 e. The van der Waals surface area contributed by atoms with Gasteiger partial charge in [0.25, 0.3) is 5.91 Å². The summed E-state index contributed by atoms with van der Waals surface area (Å²) in [6.07, 6.45) is 2.58. The number of rotatable bonds is 8. The van der Waals surface area contributed by atoms with Gasteiger partial charge in [-0.3, -0.25) is 4.79 Å². The van der Waals surface area contributed by atoms with Crippen molar-refractivity contribution < 1.29 is 14.3 Å². The fourth-order valence-corrected chi connectivity index (χ4v) is 3.82. The van der Waals surface area contributed by atoms with E-state index in [1.54, 1.807) is 25.3 Å². The number of nitrogens with one attached hydrogen (secondary N) is 1. The first-order valence-electron chi connectivity index (χ1n) is 9.89. The lowest BCUT2D eigenvalue weighted by Gasteiger charge is -2.33. The average molecular weight is 431 g/mol. The van der Waals surface area contributed by atoms with Crippen LogP contribution in [0.4, 0.5) is 0 Å². The Labute approximate surface area is 184 Å². The minimum absolute atomic E-state index is 0.0627. The quantitative estimate of drug-likeness (QED) is 0.438. The molecule has 0 radical (unpaired) electrons. The first-order valence-corrected chi connectivity index (χ1v) is 10.3. The summed E-state index contributed by atoms with van der Waals surface area (Å²) < 4.78 is 10.7. The molecule has 0 aromatic heterocycles. The van der Waals surface area contributed by atoms with Gasteiger partial charge >= 0.3 is 0 Å². The van der Waals surface area contributed by atoms with Crippen molar-refractivity contribution in [2.45, 2.75) is 46.5 Å². The number of methoxy groups -OCH3 is 1. The number of halogens is 1. The maximum atomic E-state index is 12.0. The number of nitrogens with zero attached hydrogens (tertiary/aromatic N) is 1. The third-order valence-electron chi connectivity index (χ3n) is 4.56. The number of ether oxygens (including phenoxy) is 2. The van der Waals surface area contributed by atoms with Crippen molar-refractivity contribution in [3.63, 3.8) is 0 Å². The predicted octanol–water partition coefficient (Wildman–Crippen LogP) is 5.59. The number of hydrazone groups is 1. The molecule has 0 aliphatic carbocycles. The summed E-state index contributed by atoms with van der Waals surface area (Å²) in [5.41, 5.74) is 4.74. The summed E-state index contributed by atoms with van der Waals surface area (Å²) in [7, 11) is 1.55. The lowest BCUT2D eigenvalue weighted by molar-refractivity contribution is -0.123. The van der Waals surface area contributed by atoms with E-state index in [1.807, 2.05) is 12.1 Å². The Kier molecular flexibility index (Phi) is 7.90. The van der Waals surface area contributed by atoms with E-state index in [0.717, 1.165) is 12.0 Å². The third-order valence-corrected chi connectivity index (χ3v) is 4.85. The number of carbonyl (C=O) groups is 1. The molecule has 0 spiro atoms. The van der Waals surface area contributed by atoms with Crippen molar-refractivity contribution >= 4 is 23.7 Å². The van der Waals surface area contributed by atoms with E-state index in [4.69, 9.17) is 21.1 Å². The van der Waals surface area contributed by atoms with Crippen molar-refractivity contribution in [3.8, 4) is 11.5 Å². The van der Waals surface area contributed by atoms with Crippen LogP contribution in [-0.4, -0.2) is 25.8 Å². The van der Waals surface area contributed by atoms with Gasteiger partial charge < -0.3 is 9.47 Å². The summed E-state index contributed by atoms with van der Waals surface area (Å²) in [4.78, 5) is 12.0. The standard InChI is InChI=1S/C24H31ClN2O3/c1-23(2,3)16-24(4,5)18-8-10-19(11-9-18)30-15-22(28)27-26-14-17-7-12-21(29-6)20(25)13-17/h7-14H,15-16H2,1-6H3,(H,27,28). The first-order chi connectivity index (χ1) is 14.0. The zero-order chi connectivity index (χ0) is 22.4.